The molecule has 4 rings (SSSR count). The number of thiol groups is 2. The van der Waals surface area contributed by atoms with Gasteiger partial charge in [0, 0.05) is 50.5 Å². The van der Waals surface area contributed by atoms with E-state index in [9.17, 15) is 78.0 Å². The number of aromatic hydroxyl groups is 4. The van der Waals surface area contributed by atoms with Crippen LogP contribution in [0.4, 0.5) is 0 Å². The van der Waals surface area contributed by atoms with E-state index in [1.54, 1.807) is 52.0 Å². The molecule has 4 aromatic carbocycles. The summed E-state index contributed by atoms with van der Waals surface area (Å²) in [5, 5.41) is 107. The lowest BCUT2D eigenvalue weighted by Gasteiger charge is -2.28. The Kier molecular flexibility index (Phi) is 43.3. The molecule has 34 N–H and O–H groups in total. The van der Waals surface area contributed by atoms with Gasteiger partial charge in [0.15, 0.2) is 23.8 Å². The molecule has 0 heterocycles. The summed E-state index contributed by atoms with van der Waals surface area (Å²) >= 11 is 8.63. The third kappa shape index (κ3) is 37.6. The normalized spacial score (nSPS) is 14.1. The fourth-order valence-electron chi connectivity index (χ4n) is 12.2. The number of guanidine groups is 4. The Morgan fingerprint density at radius 3 is 0.717 bits per heavy atom. The Bertz CT molecular complexity index is 3850. The molecule has 120 heavy (non-hydrogen) atoms. The molecule has 658 valence electrons. The van der Waals surface area contributed by atoms with E-state index in [1.165, 1.54) is 72.8 Å². The summed E-state index contributed by atoms with van der Waals surface area (Å²) in [4.78, 5) is 174. The highest BCUT2D eigenvalue weighted by molar-refractivity contribution is 7.80. The largest absolute Gasteiger partial charge is 0.508 e. The van der Waals surface area contributed by atoms with Crippen LogP contribution in [-0.2, 0) is 83.2 Å². The van der Waals surface area contributed by atoms with Gasteiger partial charge in [-0.3, -0.25) is 79.2 Å². The van der Waals surface area contributed by atoms with Gasteiger partial charge >= 0.3 is 0 Å². The van der Waals surface area contributed by atoms with Crippen molar-refractivity contribution in [1.29, 1.82) is 21.6 Å². The molecular weight excluding hydrogens is 1590 g/mol. The van der Waals surface area contributed by atoms with E-state index >= 15 is 0 Å². The number of carbonyl (C=O) groups is 12. The van der Waals surface area contributed by atoms with Crippen LogP contribution in [0.1, 0.15) is 114 Å². The Labute approximate surface area is 706 Å². The molecule has 12 atom stereocenters. The third-order valence-electron chi connectivity index (χ3n) is 18.5. The first-order chi connectivity index (χ1) is 56.7. The molecule has 0 aromatic heterocycles. The Morgan fingerprint density at radius 1 is 0.300 bits per heavy atom. The molecule has 4 aromatic rings. The zero-order valence-electron chi connectivity index (χ0n) is 67.5. The lowest BCUT2D eigenvalue weighted by atomic mass is 9.99. The quantitative estimate of drug-likeness (QED) is 0.00668. The number of hydrogen-bond acceptors (Lipinski definition) is 24. The van der Waals surface area contributed by atoms with Gasteiger partial charge in [0.1, 0.15) is 83.4 Å². The average Bonchev–Trinajstić information content (AvgIpc) is 0.845. The molecule has 42 heteroatoms. The standard InChI is InChI=1S/C78H118N24O16S2/c1-41(2)33-57(97-67(111)53(9-5-29-89-75(81)82)93-65(109)51(79)35-43-13-21-47(103)22-14-43)71(115)95-55(11-7-31-91-77(85)86)69(113)99-59(37-45-17-25-49(105)26-18-45)73(117)101-61(39-119)63(107)64(108)62(40-120)102-74(118)60(38-46-19-27-50(106)28-20-46)100-70(114)56(12-8-32-92-78(87)88)96-72(116)58(34-42(3)4)98-68(112)54(10-6-30-90-76(83)84)94-66(110)52(80)36-44-15-23-48(104)24-16-44/h13-28,41-42,51-62,103-106,119-120H,5-12,29-40,79-80H2,1-4H3,(H,93,109)(H,94,110)(H,95,115)(H,96,116)(H,97,111)(H,98,112)(H,99,113)(H,100,114)(H,101,117)(H,102,118)(H4,81,82,89)(H4,83,84,90)(H4,85,86,91)(H4,87,88,92)/t51-,52-,53-,54-,55-,56-,57-,58-,59-,60-,61-,62-/m0/s1. The van der Waals surface area contributed by atoms with E-state index in [1.807, 2.05) is 0 Å². The molecule has 0 spiro atoms. The minimum Gasteiger partial charge on any atom is -0.508 e. The van der Waals surface area contributed by atoms with Crippen molar-refractivity contribution in [3.63, 3.8) is 0 Å². The summed E-state index contributed by atoms with van der Waals surface area (Å²) < 4.78 is 0. The predicted molar refractivity (Wildman–Crippen MR) is 456 cm³/mol. The highest BCUT2D eigenvalue weighted by Gasteiger charge is 2.39. The van der Waals surface area contributed by atoms with Crippen molar-refractivity contribution in [2.75, 3.05) is 37.7 Å². The summed E-state index contributed by atoms with van der Waals surface area (Å²) in [5.74, 6) is -15.4. The topological polar surface area (TPSA) is 706 Å². The van der Waals surface area contributed by atoms with Crippen molar-refractivity contribution in [3.8, 4) is 23.0 Å². The van der Waals surface area contributed by atoms with Crippen molar-refractivity contribution in [2.24, 2.45) is 46.2 Å². The minimum atomic E-state index is -1.81. The fourth-order valence-corrected chi connectivity index (χ4v) is 12.7. The second-order valence-corrected chi connectivity index (χ2v) is 30.3. The summed E-state index contributed by atoms with van der Waals surface area (Å²) in [7, 11) is 0. The molecule has 0 fully saturated rings. The van der Waals surface area contributed by atoms with Crippen LogP contribution in [0.3, 0.4) is 0 Å². The first-order valence-electron chi connectivity index (χ1n) is 39.0. The molecule has 10 amide bonds. The maximum Gasteiger partial charge on any atom is 0.243 e. The monoisotopic (exact) mass is 1710 g/mol. The minimum absolute atomic E-state index is 0.00142. The SMILES string of the molecule is CC(C)C[C@H](NC(=O)[C@H](CCCNC(=N)N)NC(=O)[C@@H](N)Cc1ccc(O)cc1)C(=O)N[C@@H](CCCNC(=N)N)C(=O)N[C@@H](Cc1ccc(O)cc1)C(=O)N[C@@H](CS)C(=O)C(=O)[C@H](CS)NC(=O)[C@H](Cc1ccc(O)cc1)NC(=O)[C@H](CCCNC(=N)N)NC(=O)[C@H](CC(C)C)NC(=O)[C@H](CCCNC(=N)N)NC(=O)[C@@H](N)Cc1ccc(O)cc1. The third-order valence-corrected chi connectivity index (χ3v) is 19.2. The molecule has 0 unspecified atom stereocenters. The van der Waals surface area contributed by atoms with Crippen LogP contribution in [0.2, 0.25) is 0 Å². The molecular formula is C78H118N24O16S2. The first kappa shape index (κ1) is 100. The second-order valence-electron chi connectivity index (χ2n) is 29.6. The van der Waals surface area contributed by atoms with Crippen LogP contribution >= 0.6 is 25.3 Å². The van der Waals surface area contributed by atoms with Crippen LogP contribution in [-0.4, -0.2) is 225 Å². The van der Waals surface area contributed by atoms with Crippen LogP contribution < -0.4 is 109 Å². The van der Waals surface area contributed by atoms with Gasteiger partial charge in [-0.25, -0.2) is 0 Å². The molecule has 0 saturated heterocycles. The number of hydrogen-bond donors (Lipinski definition) is 30. The Hall–Kier alpha value is -12.2. The van der Waals surface area contributed by atoms with E-state index in [4.69, 9.17) is 56.0 Å². The maximum atomic E-state index is 14.8. The van der Waals surface area contributed by atoms with E-state index in [2.05, 4.69) is 99.7 Å². The number of phenols is 4. The molecule has 0 saturated carbocycles. The van der Waals surface area contributed by atoms with Gasteiger partial charge in [-0.2, -0.15) is 25.3 Å². The molecule has 40 nitrogen and oxygen atoms in total. The zero-order valence-corrected chi connectivity index (χ0v) is 69.3. The lowest BCUT2D eigenvalue weighted by molar-refractivity contribution is -0.141. The highest BCUT2D eigenvalue weighted by Crippen LogP contribution is 2.19. The number of carbonyl (C=O) groups excluding carboxylic acids is 12. The predicted octanol–water partition coefficient (Wildman–Crippen LogP) is -3.57. The van der Waals surface area contributed by atoms with E-state index < -0.39 is 167 Å². The van der Waals surface area contributed by atoms with Gasteiger partial charge in [-0.1, -0.05) is 76.2 Å². The average molecular weight is 1710 g/mol. The summed E-state index contributed by atoms with van der Waals surface area (Å²) in [6.07, 6.45) is -0.797. The van der Waals surface area contributed by atoms with E-state index in [0.29, 0.717) is 22.3 Å². The molecule has 0 aliphatic rings. The van der Waals surface area contributed by atoms with Gasteiger partial charge < -0.3 is 129 Å². The molecule has 0 bridgehead atoms. The Morgan fingerprint density at radius 2 is 0.492 bits per heavy atom. The van der Waals surface area contributed by atoms with E-state index in [-0.39, 0.29) is 163 Å². The number of rotatable bonds is 53. The van der Waals surface area contributed by atoms with Gasteiger partial charge in [-0.05, 0) is 160 Å². The number of Topliss-reactive ketones (excluding diaryl/α,β-unsaturated/α-hetero) is 2. The smallest absolute Gasteiger partial charge is 0.243 e. The fraction of sp³-hybridized carbons (Fsp3) is 0.487. The van der Waals surface area contributed by atoms with E-state index in [0.717, 1.165) is 0 Å². The van der Waals surface area contributed by atoms with Crippen molar-refractivity contribution >= 4 is 120 Å². The zero-order chi connectivity index (χ0) is 89.3. The molecule has 0 aliphatic heterocycles. The van der Waals surface area contributed by atoms with Crippen molar-refractivity contribution in [1.82, 2.24) is 74.4 Å². The van der Waals surface area contributed by atoms with Crippen molar-refractivity contribution in [3.05, 3.63) is 119 Å². The van der Waals surface area contributed by atoms with Crippen molar-refractivity contribution in [2.45, 2.75) is 190 Å². The number of nitrogens with two attached hydrogens (primary N) is 6. The van der Waals surface area contributed by atoms with Gasteiger partial charge in [-0.15, -0.1) is 0 Å². The Balaban J connectivity index is 1.65. The number of nitrogens with one attached hydrogen (secondary N) is 18. The molecule has 0 radical (unpaired) electrons. The van der Waals surface area contributed by atoms with Gasteiger partial charge in [0.05, 0.1) is 12.1 Å². The van der Waals surface area contributed by atoms with Crippen LogP contribution in [0, 0.1) is 33.5 Å². The van der Waals surface area contributed by atoms with Gasteiger partial charge in [0.25, 0.3) is 0 Å². The number of ketones is 2. The van der Waals surface area contributed by atoms with Crippen molar-refractivity contribution < 1.29 is 78.0 Å². The summed E-state index contributed by atoms with van der Waals surface area (Å²) in [6.45, 7) is 7.24. The van der Waals surface area contributed by atoms with Crippen LogP contribution in [0.25, 0.3) is 0 Å². The van der Waals surface area contributed by atoms with Crippen LogP contribution in [0.5, 0.6) is 23.0 Å². The van der Waals surface area contributed by atoms with Gasteiger partial charge in [0.2, 0.25) is 70.6 Å². The maximum absolute atomic E-state index is 14.8. The summed E-state index contributed by atoms with van der Waals surface area (Å²) in [5.41, 5.74) is 36.5. The first-order valence-corrected chi connectivity index (χ1v) is 40.3. The highest BCUT2D eigenvalue weighted by atomic mass is 32.1. The second kappa shape index (κ2) is 51.9. The number of phenolic OH excluding ortho intramolecular Hbond substituents is 4. The molecule has 0 aliphatic carbocycles. The number of amides is 10. The summed E-state index contributed by atoms with van der Waals surface area (Å²) in [6, 6.07) is 5.00. The van der Waals surface area contributed by atoms with Crippen LogP contribution in [0.15, 0.2) is 97.1 Å². The lowest BCUT2D eigenvalue weighted by Crippen LogP contribution is -2.61. The number of benzene rings is 4.